The summed E-state index contributed by atoms with van der Waals surface area (Å²) in [7, 11) is 0. The average molecular weight is 515 g/mol. The third-order valence-corrected chi connectivity index (χ3v) is 6.80. The average Bonchev–Trinajstić information content (AvgIpc) is 3.27. The highest BCUT2D eigenvalue weighted by Crippen LogP contribution is 2.31. The number of hydrogen-bond donors (Lipinski definition) is 0. The van der Waals surface area contributed by atoms with E-state index in [0.29, 0.717) is 5.02 Å². The number of halogens is 2. The molecule has 0 radical (unpaired) electrons. The van der Waals surface area contributed by atoms with E-state index < -0.39 is 0 Å². The molecule has 5 heteroatoms. The molecular weight excluding hydrogens is 486 g/mol. The molecule has 1 atom stereocenters. The minimum Gasteiger partial charge on any atom is -0.457 e. The lowest BCUT2D eigenvalue weighted by Crippen LogP contribution is -2.31. The molecule has 168 valence electrons. The molecule has 3 aromatic carbocycles. The maximum Gasteiger partial charge on any atom is 0.131 e. The first-order valence-electron chi connectivity index (χ1n) is 11.1. The van der Waals surface area contributed by atoms with Gasteiger partial charge >= 0.3 is 0 Å². The zero-order valence-electron chi connectivity index (χ0n) is 18.6. The quantitative estimate of drug-likeness (QED) is 0.307. The normalized spacial score (nSPS) is 16.0. The molecule has 1 aliphatic rings. The lowest BCUT2D eigenvalue weighted by Gasteiger charge is -2.27. The molecule has 0 N–H and O–H groups in total. The Kier molecular flexibility index (Phi) is 7.90. The molecule has 3 aromatic rings. The first kappa shape index (κ1) is 23.3. The van der Waals surface area contributed by atoms with Gasteiger partial charge in [-0.15, -0.1) is 0 Å². The molecule has 32 heavy (non-hydrogen) atoms. The van der Waals surface area contributed by atoms with Gasteiger partial charge in [0.2, 0.25) is 0 Å². The minimum atomic E-state index is 0.280. The minimum absolute atomic E-state index is 0.280. The molecule has 0 aromatic heterocycles. The van der Waals surface area contributed by atoms with Crippen LogP contribution < -0.4 is 4.74 Å². The van der Waals surface area contributed by atoms with Crippen LogP contribution in [0.15, 0.2) is 65.1 Å². The highest BCUT2D eigenvalue weighted by Gasteiger charge is 2.21. The predicted molar refractivity (Wildman–Crippen MR) is 135 cm³/mol. The van der Waals surface area contributed by atoms with Gasteiger partial charge in [0.25, 0.3) is 0 Å². The van der Waals surface area contributed by atoms with Crippen LogP contribution in [-0.2, 0) is 17.8 Å². The summed E-state index contributed by atoms with van der Waals surface area (Å²) in [4.78, 5) is 2.46. The number of ether oxygens (including phenoxy) is 2. The Hall–Kier alpha value is -1.85. The smallest absolute Gasteiger partial charge is 0.131 e. The van der Waals surface area contributed by atoms with E-state index in [4.69, 9.17) is 21.1 Å². The van der Waals surface area contributed by atoms with Crippen LogP contribution in [0.1, 0.15) is 35.1 Å². The van der Waals surface area contributed by atoms with Gasteiger partial charge < -0.3 is 9.47 Å². The van der Waals surface area contributed by atoms with Crippen molar-refractivity contribution in [2.45, 2.75) is 45.9 Å². The topological polar surface area (TPSA) is 21.7 Å². The van der Waals surface area contributed by atoms with Gasteiger partial charge in [0, 0.05) is 41.3 Å². The second-order valence-corrected chi connectivity index (χ2v) is 9.81. The van der Waals surface area contributed by atoms with Crippen molar-refractivity contribution in [1.82, 2.24) is 4.90 Å². The number of rotatable bonds is 8. The molecular formula is C27H29BrClNO2. The summed E-state index contributed by atoms with van der Waals surface area (Å²) in [5, 5.41) is 0.673. The largest absolute Gasteiger partial charge is 0.457 e. The van der Waals surface area contributed by atoms with Crippen molar-refractivity contribution in [3.05, 3.63) is 92.4 Å². The molecule has 3 nitrogen and oxygen atoms in total. The summed E-state index contributed by atoms with van der Waals surface area (Å²) in [5.74, 6) is 1.65. The lowest BCUT2D eigenvalue weighted by atomic mass is 10.1. The zero-order chi connectivity index (χ0) is 22.5. The SMILES string of the molecule is Cc1ccc(CN(Cc2ccccc2Oc2cc(Cl)ccc2C)CC2CCCO2)c(Br)c1. The van der Waals surface area contributed by atoms with Crippen LogP contribution in [0.3, 0.4) is 0 Å². The molecule has 1 unspecified atom stereocenters. The third kappa shape index (κ3) is 6.14. The van der Waals surface area contributed by atoms with E-state index in [-0.39, 0.29) is 6.10 Å². The Morgan fingerprint density at radius 2 is 1.81 bits per heavy atom. The van der Waals surface area contributed by atoms with Crippen molar-refractivity contribution in [2.75, 3.05) is 13.2 Å². The van der Waals surface area contributed by atoms with Crippen molar-refractivity contribution >= 4 is 27.5 Å². The molecule has 1 heterocycles. The van der Waals surface area contributed by atoms with Gasteiger partial charge in [-0.25, -0.2) is 0 Å². The zero-order valence-corrected chi connectivity index (χ0v) is 21.0. The first-order valence-corrected chi connectivity index (χ1v) is 12.3. The van der Waals surface area contributed by atoms with Crippen LogP contribution in [0.25, 0.3) is 0 Å². The summed E-state index contributed by atoms with van der Waals surface area (Å²) in [6, 6.07) is 20.6. The van der Waals surface area contributed by atoms with Crippen molar-refractivity contribution in [1.29, 1.82) is 0 Å². The molecule has 0 bridgehead atoms. The number of benzene rings is 3. The molecule has 1 aliphatic heterocycles. The highest BCUT2D eigenvalue weighted by molar-refractivity contribution is 9.10. The third-order valence-electron chi connectivity index (χ3n) is 5.83. The van der Waals surface area contributed by atoms with Crippen LogP contribution >= 0.6 is 27.5 Å². The van der Waals surface area contributed by atoms with E-state index in [0.717, 1.165) is 66.2 Å². The van der Waals surface area contributed by atoms with Crippen molar-refractivity contribution in [3.63, 3.8) is 0 Å². The second-order valence-electron chi connectivity index (χ2n) is 8.52. The summed E-state index contributed by atoms with van der Waals surface area (Å²) in [5.41, 5.74) is 4.73. The van der Waals surface area contributed by atoms with Crippen molar-refractivity contribution < 1.29 is 9.47 Å². The monoisotopic (exact) mass is 513 g/mol. The molecule has 1 saturated heterocycles. The summed E-state index contributed by atoms with van der Waals surface area (Å²) >= 11 is 9.96. The number of aryl methyl sites for hydroxylation is 2. The highest BCUT2D eigenvalue weighted by atomic mass is 79.9. The van der Waals surface area contributed by atoms with Crippen molar-refractivity contribution in [3.8, 4) is 11.5 Å². The Morgan fingerprint density at radius 3 is 2.59 bits per heavy atom. The fraction of sp³-hybridized carbons (Fsp3) is 0.333. The van der Waals surface area contributed by atoms with Gasteiger partial charge in [-0.2, -0.15) is 0 Å². The fourth-order valence-electron chi connectivity index (χ4n) is 4.06. The van der Waals surface area contributed by atoms with Gasteiger partial charge in [0.05, 0.1) is 6.10 Å². The van der Waals surface area contributed by atoms with E-state index in [1.165, 1.54) is 11.1 Å². The van der Waals surface area contributed by atoms with Crippen LogP contribution in [-0.4, -0.2) is 24.2 Å². The summed E-state index contributed by atoms with van der Waals surface area (Å²) in [6.07, 6.45) is 2.54. The van der Waals surface area contributed by atoms with E-state index in [2.05, 4.69) is 58.1 Å². The predicted octanol–water partition coefficient (Wildman–Crippen LogP) is 7.69. The summed E-state index contributed by atoms with van der Waals surface area (Å²) < 4.78 is 13.4. The molecule has 0 amide bonds. The standard InChI is InChI=1S/C27H29BrClNO2/c1-19-9-11-21(25(28)14-19)16-30(18-24-7-5-13-31-24)17-22-6-3-4-8-26(22)32-27-15-23(29)12-10-20(27)2/h3-4,6,8-12,14-15,24H,5,7,13,16-18H2,1-2H3. The molecule has 0 saturated carbocycles. The van der Waals surface area contributed by atoms with Crippen molar-refractivity contribution in [2.24, 2.45) is 0 Å². The van der Waals surface area contributed by atoms with Gasteiger partial charge in [-0.3, -0.25) is 4.90 Å². The second kappa shape index (κ2) is 10.8. The number of hydrogen-bond acceptors (Lipinski definition) is 3. The Bertz CT molecular complexity index is 1070. The van der Waals surface area contributed by atoms with E-state index in [1.54, 1.807) is 0 Å². The molecule has 0 aliphatic carbocycles. The van der Waals surface area contributed by atoms with Crippen LogP contribution in [0.4, 0.5) is 0 Å². The Morgan fingerprint density at radius 1 is 1.00 bits per heavy atom. The fourth-order valence-corrected chi connectivity index (χ4v) is 4.84. The molecule has 1 fully saturated rings. The van der Waals surface area contributed by atoms with Crippen LogP contribution in [0, 0.1) is 13.8 Å². The van der Waals surface area contributed by atoms with Gasteiger partial charge in [0.15, 0.2) is 0 Å². The Balaban J connectivity index is 1.58. The van der Waals surface area contributed by atoms with Gasteiger partial charge in [-0.1, -0.05) is 63.9 Å². The number of nitrogens with zero attached hydrogens (tertiary/aromatic N) is 1. The van der Waals surface area contributed by atoms with E-state index >= 15 is 0 Å². The summed E-state index contributed by atoms with van der Waals surface area (Å²) in [6.45, 7) is 7.52. The molecule has 4 rings (SSSR count). The van der Waals surface area contributed by atoms with Crippen LogP contribution in [0.2, 0.25) is 5.02 Å². The first-order chi connectivity index (χ1) is 15.5. The van der Waals surface area contributed by atoms with E-state index in [1.807, 2.05) is 37.3 Å². The van der Waals surface area contributed by atoms with Gasteiger partial charge in [-0.05, 0) is 67.6 Å². The maximum atomic E-state index is 6.33. The number of para-hydroxylation sites is 1. The molecule has 0 spiro atoms. The lowest BCUT2D eigenvalue weighted by molar-refractivity contribution is 0.0676. The van der Waals surface area contributed by atoms with Crippen LogP contribution in [0.5, 0.6) is 11.5 Å². The maximum absolute atomic E-state index is 6.33. The van der Waals surface area contributed by atoms with E-state index in [9.17, 15) is 0 Å². The van der Waals surface area contributed by atoms with Gasteiger partial charge in [0.1, 0.15) is 11.5 Å². The Labute approximate surface area is 204 Å².